The Hall–Kier alpha value is -4.54. The molecule has 14 heteroatoms. The van der Waals surface area contributed by atoms with E-state index in [0.717, 1.165) is 29.5 Å². The number of phenols is 1. The number of nitrogens with one attached hydrogen (secondary N) is 2. The molecule has 0 aliphatic rings. The number of hydrogen-bond donors (Lipinski definition) is 3. The average Bonchev–Trinajstić information content (AvgIpc) is 3.33. The van der Waals surface area contributed by atoms with Gasteiger partial charge in [0.25, 0.3) is 11.8 Å². The van der Waals surface area contributed by atoms with Crippen molar-refractivity contribution in [3.8, 4) is 22.4 Å². The molecule has 0 spiro atoms. The van der Waals surface area contributed by atoms with Gasteiger partial charge in [0, 0.05) is 30.1 Å². The van der Waals surface area contributed by atoms with Gasteiger partial charge in [0.15, 0.2) is 17.3 Å². The van der Waals surface area contributed by atoms with Crippen molar-refractivity contribution in [3.63, 3.8) is 0 Å². The van der Waals surface area contributed by atoms with Crippen molar-refractivity contribution in [3.05, 3.63) is 93.6 Å². The molecule has 0 atom stereocenters. The molecule has 2 heterocycles. The monoisotopic (exact) mass is 575 g/mol. The van der Waals surface area contributed by atoms with Crippen LogP contribution < -0.4 is 10.6 Å². The molecule has 198 valence electrons. The Morgan fingerprint density at radius 2 is 1.87 bits per heavy atom. The minimum Gasteiger partial charge on any atom is -0.504 e. The summed E-state index contributed by atoms with van der Waals surface area (Å²) in [7, 11) is 0. The zero-order valence-electron chi connectivity index (χ0n) is 19.3. The number of benzene rings is 2. The van der Waals surface area contributed by atoms with Crippen LogP contribution in [-0.2, 0) is 12.7 Å². The van der Waals surface area contributed by atoms with Crippen LogP contribution in [0.2, 0.25) is 5.02 Å². The zero-order chi connectivity index (χ0) is 28.3. The van der Waals surface area contributed by atoms with Crippen LogP contribution in [0.5, 0.6) is 5.75 Å². The molecule has 0 radical (unpaired) electrons. The second-order valence-corrected chi connectivity index (χ2v) is 9.26. The summed E-state index contributed by atoms with van der Waals surface area (Å²) in [6.45, 7) is -0.501. The summed E-state index contributed by atoms with van der Waals surface area (Å²) in [5, 5.41) is 23.1. The van der Waals surface area contributed by atoms with Gasteiger partial charge in [0.1, 0.15) is 16.1 Å². The summed E-state index contributed by atoms with van der Waals surface area (Å²) in [5.41, 5.74) is -1.24. The van der Waals surface area contributed by atoms with Crippen molar-refractivity contribution in [1.29, 1.82) is 5.26 Å². The van der Waals surface area contributed by atoms with E-state index in [-0.39, 0.29) is 32.4 Å². The number of hydrogen-bond acceptors (Lipinski definition) is 7. The van der Waals surface area contributed by atoms with Crippen molar-refractivity contribution < 1.29 is 32.3 Å². The standard InChI is InChI=1S/C25H14ClF4N5O3S/c26-17-6-14(7-18(27)20(17)36)21(37)35-24-19(34-23(39-24)15-5-12(8-31)9-32-10-15)22(38)33-11-13-3-1-2-4-16(13)25(28,29)30/h1-7,9-10,36H,11H2,(H,33,38)(H,35,37). The quantitative estimate of drug-likeness (QED) is 0.250. The number of alkyl halides is 3. The Labute approximate surface area is 226 Å². The molecule has 0 aliphatic heterocycles. The van der Waals surface area contributed by atoms with E-state index in [0.29, 0.717) is 5.56 Å². The maximum absolute atomic E-state index is 13.9. The Morgan fingerprint density at radius 3 is 2.56 bits per heavy atom. The van der Waals surface area contributed by atoms with E-state index < -0.39 is 46.7 Å². The maximum Gasteiger partial charge on any atom is 0.416 e. The van der Waals surface area contributed by atoms with Crippen molar-refractivity contribution >= 4 is 39.8 Å². The summed E-state index contributed by atoms with van der Waals surface area (Å²) in [6, 6.07) is 9.78. The molecule has 39 heavy (non-hydrogen) atoms. The first-order valence-corrected chi connectivity index (χ1v) is 12.0. The molecule has 3 N–H and O–H groups in total. The lowest BCUT2D eigenvalue weighted by molar-refractivity contribution is -0.138. The third-order valence-corrected chi connectivity index (χ3v) is 6.53. The predicted molar refractivity (Wildman–Crippen MR) is 134 cm³/mol. The van der Waals surface area contributed by atoms with Gasteiger partial charge in [-0.1, -0.05) is 41.1 Å². The molecular formula is C25H14ClF4N5O3S. The van der Waals surface area contributed by atoms with Gasteiger partial charge in [0.2, 0.25) is 0 Å². The van der Waals surface area contributed by atoms with E-state index in [2.05, 4.69) is 20.6 Å². The lowest BCUT2D eigenvalue weighted by Crippen LogP contribution is -2.26. The highest BCUT2D eigenvalue weighted by Gasteiger charge is 2.33. The SMILES string of the molecule is N#Cc1cncc(-c2nc(C(=O)NCc3ccccc3C(F)(F)F)c(NC(=O)c3cc(F)c(O)c(Cl)c3)s2)c1. The Balaban J connectivity index is 1.68. The number of amides is 2. The Morgan fingerprint density at radius 1 is 1.13 bits per heavy atom. The summed E-state index contributed by atoms with van der Waals surface area (Å²) < 4.78 is 54.0. The summed E-state index contributed by atoms with van der Waals surface area (Å²) >= 11 is 6.56. The second kappa shape index (κ2) is 11.1. The van der Waals surface area contributed by atoms with Crippen LogP contribution in [0, 0.1) is 17.1 Å². The molecule has 0 unspecified atom stereocenters. The van der Waals surface area contributed by atoms with Crippen LogP contribution in [0.3, 0.4) is 0 Å². The summed E-state index contributed by atoms with van der Waals surface area (Å²) in [4.78, 5) is 34.0. The van der Waals surface area contributed by atoms with Gasteiger partial charge in [-0.25, -0.2) is 9.37 Å². The lowest BCUT2D eigenvalue weighted by atomic mass is 10.1. The number of rotatable bonds is 6. The zero-order valence-corrected chi connectivity index (χ0v) is 20.9. The molecule has 4 aromatic rings. The number of anilines is 1. The van der Waals surface area contributed by atoms with Gasteiger partial charge in [-0.3, -0.25) is 14.6 Å². The summed E-state index contributed by atoms with van der Waals surface area (Å²) in [6.07, 6.45) is -1.98. The fourth-order valence-corrected chi connectivity index (χ4v) is 4.53. The molecule has 0 aliphatic carbocycles. The van der Waals surface area contributed by atoms with Crippen LogP contribution in [-0.4, -0.2) is 26.9 Å². The topological polar surface area (TPSA) is 128 Å². The van der Waals surface area contributed by atoms with Crippen molar-refractivity contribution in [2.75, 3.05) is 5.32 Å². The van der Waals surface area contributed by atoms with Gasteiger partial charge < -0.3 is 15.7 Å². The van der Waals surface area contributed by atoms with Crippen molar-refractivity contribution in [2.45, 2.75) is 12.7 Å². The molecule has 0 bridgehead atoms. The molecule has 0 saturated carbocycles. The van der Waals surface area contributed by atoms with Gasteiger partial charge in [-0.05, 0) is 29.8 Å². The van der Waals surface area contributed by atoms with E-state index in [1.807, 2.05) is 6.07 Å². The molecule has 2 aromatic carbocycles. The van der Waals surface area contributed by atoms with Crippen LogP contribution in [0.4, 0.5) is 22.6 Å². The number of halogens is 5. The minimum atomic E-state index is -4.65. The highest BCUT2D eigenvalue weighted by atomic mass is 35.5. The number of carbonyl (C=O) groups is 2. The van der Waals surface area contributed by atoms with Crippen LogP contribution in [0.25, 0.3) is 10.6 Å². The first-order chi connectivity index (χ1) is 18.5. The van der Waals surface area contributed by atoms with Gasteiger partial charge in [-0.2, -0.15) is 18.4 Å². The number of pyridine rings is 1. The Bertz CT molecular complexity index is 1610. The number of thiazole rings is 1. The summed E-state index contributed by atoms with van der Waals surface area (Å²) in [5.74, 6) is -3.83. The number of nitrogens with zero attached hydrogens (tertiary/aromatic N) is 3. The minimum absolute atomic E-state index is 0.122. The van der Waals surface area contributed by atoms with Crippen molar-refractivity contribution in [1.82, 2.24) is 15.3 Å². The molecule has 8 nitrogen and oxygen atoms in total. The van der Waals surface area contributed by atoms with Gasteiger partial charge in [0.05, 0.1) is 16.1 Å². The smallest absolute Gasteiger partial charge is 0.416 e. The molecule has 2 aromatic heterocycles. The maximum atomic E-state index is 13.9. The van der Waals surface area contributed by atoms with Gasteiger partial charge in [-0.15, -0.1) is 0 Å². The highest BCUT2D eigenvalue weighted by molar-refractivity contribution is 7.19. The van der Waals surface area contributed by atoms with Crippen LogP contribution in [0.15, 0.2) is 54.9 Å². The highest BCUT2D eigenvalue weighted by Crippen LogP contribution is 2.35. The number of aromatic nitrogens is 2. The molecule has 0 saturated heterocycles. The number of phenolic OH excluding ortho intramolecular Hbond substituents is 1. The Kier molecular flexibility index (Phi) is 7.80. The number of carbonyl (C=O) groups excluding carboxylic acids is 2. The van der Waals surface area contributed by atoms with Gasteiger partial charge >= 0.3 is 6.18 Å². The largest absolute Gasteiger partial charge is 0.504 e. The van der Waals surface area contributed by atoms with E-state index in [1.165, 1.54) is 36.7 Å². The molecule has 0 fully saturated rings. The number of aromatic hydroxyl groups is 1. The molecule has 4 rings (SSSR count). The molecule has 2 amide bonds. The molecular weight excluding hydrogens is 562 g/mol. The third-order valence-electron chi connectivity index (χ3n) is 5.22. The normalized spacial score (nSPS) is 11.1. The van der Waals surface area contributed by atoms with E-state index >= 15 is 0 Å². The number of nitriles is 1. The average molecular weight is 576 g/mol. The first kappa shape index (κ1) is 27.5. The fraction of sp³-hybridized carbons (Fsp3) is 0.0800. The third kappa shape index (κ3) is 6.14. The predicted octanol–water partition coefficient (Wildman–Crippen LogP) is 5.78. The van der Waals surface area contributed by atoms with E-state index in [9.17, 15) is 32.3 Å². The van der Waals surface area contributed by atoms with E-state index in [4.69, 9.17) is 16.9 Å². The second-order valence-electron chi connectivity index (χ2n) is 7.85. The van der Waals surface area contributed by atoms with Crippen molar-refractivity contribution in [2.24, 2.45) is 0 Å². The van der Waals surface area contributed by atoms with Crippen LogP contribution >= 0.6 is 22.9 Å². The first-order valence-electron chi connectivity index (χ1n) is 10.8. The fourth-order valence-electron chi connectivity index (χ4n) is 3.38. The van der Waals surface area contributed by atoms with E-state index in [1.54, 1.807) is 0 Å². The lowest BCUT2D eigenvalue weighted by Gasteiger charge is -2.13. The van der Waals surface area contributed by atoms with Crippen LogP contribution in [0.1, 0.15) is 37.5 Å².